The van der Waals surface area contributed by atoms with Crippen molar-refractivity contribution in [2.45, 2.75) is 26.2 Å². The number of hydrogen-bond donors (Lipinski definition) is 1. The zero-order chi connectivity index (χ0) is 10.1. The van der Waals surface area contributed by atoms with Gasteiger partial charge >= 0.3 is 0 Å². The van der Waals surface area contributed by atoms with Crippen LogP contribution in [0.25, 0.3) is 0 Å². The molecule has 0 fully saturated rings. The number of oxime groups is 1. The van der Waals surface area contributed by atoms with Crippen molar-refractivity contribution in [1.29, 1.82) is 0 Å². The van der Waals surface area contributed by atoms with E-state index >= 15 is 0 Å². The van der Waals surface area contributed by atoms with E-state index in [9.17, 15) is 0 Å². The van der Waals surface area contributed by atoms with Gasteiger partial charge in [-0.25, -0.2) is 0 Å². The summed E-state index contributed by atoms with van der Waals surface area (Å²) >= 11 is 0. The zero-order valence-corrected chi connectivity index (χ0v) is 8.44. The van der Waals surface area contributed by atoms with Gasteiger partial charge in [-0.3, -0.25) is 4.68 Å². The molecule has 0 aliphatic carbocycles. The third kappa shape index (κ3) is 1.88. The van der Waals surface area contributed by atoms with Crippen molar-refractivity contribution >= 4 is 6.21 Å². The SMILES string of the molecule is Cn1ncc(C(C)(C)C)c1/C=N/O. The second-order valence-electron chi connectivity index (χ2n) is 4.06. The molecule has 0 saturated heterocycles. The summed E-state index contributed by atoms with van der Waals surface area (Å²) in [7, 11) is 1.83. The lowest BCUT2D eigenvalue weighted by molar-refractivity contribution is 0.321. The number of nitrogens with zero attached hydrogens (tertiary/aromatic N) is 3. The molecule has 0 saturated carbocycles. The maximum absolute atomic E-state index is 8.48. The van der Waals surface area contributed by atoms with E-state index in [1.807, 2.05) is 7.05 Å². The third-order valence-electron chi connectivity index (χ3n) is 1.97. The quantitative estimate of drug-likeness (QED) is 0.406. The maximum Gasteiger partial charge on any atom is 0.0917 e. The summed E-state index contributed by atoms with van der Waals surface area (Å²) < 4.78 is 1.69. The number of aromatic nitrogens is 2. The van der Waals surface area contributed by atoms with E-state index in [1.165, 1.54) is 6.21 Å². The highest BCUT2D eigenvalue weighted by Crippen LogP contribution is 2.24. The summed E-state index contributed by atoms with van der Waals surface area (Å²) in [5.74, 6) is 0. The van der Waals surface area contributed by atoms with E-state index < -0.39 is 0 Å². The Bertz CT molecular complexity index is 320. The summed E-state index contributed by atoms with van der Waals surface area (Å²) in [5, 5.41) is 15.6. The van der Waals surface area contributed by atoms with Crippen LogP contribution in [-0.2, 0) is 12.5 Å². The minimum atomic E-state index is 0.0186. The molecule has 1 N–H and O–H groups in total. The molecule has 1 aromatic rings. The van der Waals surface area contributed by atoms with Gasteiger partial charge in [0.1, 0.15) is 0 Å². The van der Waals surface area contributed by atoms with Crippen LogP contribution in [0.5, 0.6) is 0 Å². The minimum Gasteiger partial charge on any atom is -0.411 e. The molecule has 72 valence electrons. The van der Waals surface area contributed by atoms with Crippen molar-refractivity contribution in [2.24, 2.45) is 12.2 Å². The summed E-state index contributed by atoms with van der Waals surface area (Å²) in [5.41, 5.74) is 1.94. The molecule has 0 spiro atoms. The van der Waals surface area contributed by atoms with Crippen molar-refractivity contribution in [3.63, 3.8) is 0 Å². The van der Waals surface area contributed by atoms with Crippen molar-refractivity contribution in [3.05, 3.63) is 17.5 Å². The Morgan fingerprint density at radius 2 is 2.15 bits per heavy atom. The monoisotopic (exact) mass is 181 g/mol. The third-order valence-corrected chi connectivity index (χ3v) is 1.97. The van der Waals surface area contributed by atoms with Crippen molar-refractivity contribution < 1.29 is 5.21 Å². The minimum absolute atomic E-state index is 0.0186. The summed E-state index contributed by atoms with van der Waals surface area (Å²) in [6.45, 7) is 6.29. The van der Waals surface area contributed by atoms with Gasteiger partial charge in [0.15, 0.2) is 0 Å². The second-order valence-corrected chi connectivity index (χ2v) is 4.06. The molecule has 0 bridgehead atoms. The Hall–Kier alpha value is -1.32. The van der Waals surface area contributed by atoms with Gasteiger partial charge in [0.2, 0.25) is 0 Å². The van der Waals surface area contributed by atoms with Crippen LogP contribution in [0.15, 0.2) is 11.4 Å². The van der Waals surface area contributed by atoms with Crippen LogP contribution in [0, 0.1) is 0 Å². The molecule has 0 aliphatic heterocycles. The predicted octanol–water partition coefficient (Wildman–Crippen LogP) is 1.53. The molecule has 0 unspecified atom stereocenters. The lowest BCUT2D eigenvalue weighted by Gasteiger charge is -2.17. The Morgan fingerprint density at radius 1 is 1.54 bits per heavy atom. The fourth-order valence-electron chi connectivity index (χ4n) is 1.23. The van der Waals surface area contributed by atoms with Crippen LogP contribution in [0.3, 0.4) is 0 Å². The molecule has 0 aliphatic rings. The summed E-state index contributed by atoms with van der Waals surface area (Å²) in [4.78, 5) is 0. The molecular weight excluding hydrogens is 166 g/mol. The number of aryl methyl sites for hydroxylation is 1. The van der Waals surface area contributed by atoms with Crippen LogP contribution in [-0.4, -0.2) is 21.2 Å². The van der Waals surface area contributed by atoms with Gasteiger partial charge in [-0.15, -0.1) is 0 Å². The molecule has 0 aromatic carbocycles. The highest BCUT2D eigenvalue weighted by Gasteiger charge is 2.20. The van der Waals surface area contributed by atoms with Crippen molar-refractivity contribution in [3.8, 4) is 0 Å². The second kappa shape index (κ2) is 3.20. The van der Waals surface area contributed by atoms with Gasteiger partial charge in [0.05, 0.1) is 18.1 Å². The molecule has 0 amide bonds. The molecule has 1 rings (SSSR count). The van der Waals surface area contributed by atoms with E-state index in [1.54, 1.807) is 10.9 Å². The van der Waals surface area contributed by atoms with Gasteiger partial charge in [-0.1, -0.05) is 25.9 Å². The lowest BCUT2D eigenvalue weighted by atomic mass is 9.87. The Balaban J connectivity index is 3.23. The van der Waals surface area contributed by atoms with E-state index in [0.717, 1.165) is 11.3 Å². The summed E-state index contributed by atoms with van der Waals surface area (Å²) in [6, 6.07) is 0. The molecule has 4 nitrogen and oxygen atoms in total. The van der Waals surface area contributed by atoms with Crippen LogP contribution in [0.1, 0.15) is 32.0 Å². The van der Waals surface area contributed by atoms with Gasteiger partial charge in [-0.05, 0) is 5.41 Å². The van der Waals surface area contributed by atoms with E-state index in [0.29, 0.717) is 0 Å². The average molecular weight is 181 g/mol. The first-order valence-corrected chi connectivity index (χ1v) is 4.16. The Kier molecular flexibility index (Phi) is 2.40. The number of hydrogen-bond acceptors (Lipinski definition) is 3. The smallest absolute Gasteiger partial charge is 0.0917 e. The first-order valence-electron chi connectivity index (χ1n) is 4.16. The molecule has 1 heterocycles. The fraction of sp³-hybridized carbons (Fsp3) is 0.556. The first kappa shape index (κ1) is 9.77. The van der Waals surface area contributed by atoms with Gasteiger partial charge < -0.3 is 5.21 Å². The van der Waals surface area contributed by atoms with Gasteiger partial charge in [-0.2, -0.15) is 5.10 Å². The van der Waals surface area contributed by atoms with Crippen molar-refractivity contribution in [2.75, 3.05) is 0 Å². The lowest BCUT2D eigenvalue weighted by Crippen LogP contribution is -2.13. The standard InChI is InChI=1S/C9H15N3O/c1-9(2,3)7-5-10-12(4)8(7)6-11-13/h5-6,13H,1-4H3/b11-6+. The van der Waals surface area contributed by atoms with Crippen LogP contribution >= 0.6 is 0 Å². The fourth-order valence-corrected chi connectivity index (χ4v) is 1.23. The first-order chi connectivity index (χ1) is 5.96. The molecule has 13 heavy (non-hydrogen) atoms. The van der Waals surface area contributed by atoms with Gasteiger partial charge in [0, 0.05) is 12.6 Å². The molecule has 0 atom stereocenters. The Labute approximate surface area is 77.9 Å². The normalized spacial score (nSPS) is 12.6. The van der Waals surface area contributed by atoms with Gasteiger partial charge in [0.25, 0.3) is 0 Å². The van der Waals surface area contributed by atoms with E-state index in [4.69, 9.17) is 5.21 Å². The van der Waals surface area contributed by atoms with Crippen LogP contribution in [0.2, 0.25) is 0 Å². The number of rotatable bonds is 1. The van der Waals surface area contributed by atoms with Crippen molar-refractivity contribution in [1.82, 2.24) is 9.78 Å². The van der Waals surface area contributed by atoms with E-state index in [2.05, 4.69) is 31.0 Å². The van der Waals surface area contributed by atoms with Crippen LogP contribution in [0.4, 0.5) is 0 Å². The maximum atomic E-state index is 8.48. The molecule has 0 radical (unpaired) electrons. The highest BCUT2D eigenvalue weighted by atomic mass is 16.4. The zero-order valence-electron chi connectivity index (χ0n) is 8.44. The predicted molar refractivity (Wildman–Crippen MR) is 51.3 cm³/mol. The molecular formula is C9H15N3O. The molecule has 4 heteroatoms. The van der Waals surface area contributed by atoms with Crippen LogP contribution < -0.4 is 0 Å². The topological polar surface area (TPSA) is 50.4 Å². The average Bonchev–Trinajstić information content (AvgIpc) is 2.32. The Morgan fingerprint density at radius 3 is 2.62 bits per heavy atom. The van der Waals surface area contributed by atoms with E-state index in [-0.39, 0.29) is 5.41 Å². The molecule has 1 aromatic heterocycles. The summed E-state index contributed by atoms with van der Waals surface area (Å²) in [6.07, 6.45) is 3.21. The highest BCUT2D eigenvalue weighted by molar-refractivity contribution is 5.79. The largest absolute Gasteiger partial charge is 0.411 e.